The van der Waals surface area contributed by atoms with Crippen LogP contribution < -0.4 is 9.80 Å². The van der Waals surface area contributed by atoms with Gasteiger partial charge in [-0.3, -0.25) is 0 Å². The van der Waals surface area contributed by atoms with Gasteiger partial charge < -0.3 is 19.6 Å². The van der Waals surface area contributed by atoms with E-state index in [1.54, 1.807) is 6.33 Å². The van der Waals surface area contributed by atoms with Crippen LogP contribution in [0.25, 0.3) is 0 Å². The van der Waals surface area contributed by atoms with Crippen molar-refractivity contribution < 1.29 is 0 Å². The first-order valence-electron chi connectivity index (χ1n) is 7.99. The molecule has 1 aromatic heterocycles. The molecule has 0 N–H and O–H groups in total. The summed E-state index contributed by atoms with van der Waals surface area (Å²) >= 11 is 0. The summed E-state index contributed by atoms with van der Waals surface area (Å²) in [7, 11) is 2.18. The number of rotatable bonds is 3. The second-order valence-electron chi connectivity index (χ2n) is 5.95. The first-order chi connectivity index (χ1) is 10.3. The van der Waals surface area contributed by atoms with E-state index in [0.717, 1.165) is 70.5 Å². The van der Waals surface area contributed by atoms with E-state index in [0.29, 0.717) is 0 Å². The van der Waals surface area contributed by atoms with Gasteiger partial charge >= 0.3 is 0 Å². The van der Waals surface area contributed by atoms with Crippen LogP contribution in [0, 0.1) is 0 Å². The molecule has 0 saturated carbocycles. The van der Waals surface area contributed by atoms with Crippen molar-refractivity contribution in [3.05, 3.63) is 12.4 Å². The van der Waals surface area contributed by atoms with Gasteiger partial charge in [-0.2, -0.15) is 0 Å². The Kier molecular flexibility index (Phi) is 4.55. The van der Waals surface area contributed by atoms with E-state index in [4.69, 9.17) is 0 Å². The Labute approximate surface area is 127 Å². The molecule has 0 atom stereocenters. The highest BCUT2D eigenvalue weighted by Crippen LogP contribution is 2.19. The highest BCUT2D eigenvalue weighted by atomic mass is 15.3. The van der Waals surface area contributed by atoms with E-state index in [1.807, 2.05) is 0 Å². The Balaban J connectivity index is 1.66. The summed E-state index contributed by atoms with van der Waals surface area (Å²) in [4.78, 5) is 18.6. The number of anilines is 2. The van der Waals surface area contributed by atoms with Gasteiger partial charge in [-0.1, -0.05) is 6.92 Å². The monoisotopic (exact) mass is 290 g/mol. The fraction of sp³-hybridized carbons (Fsp3) is 0.733. The maximum atomic E-state index is 4.48. The molecule has 2 aliphatic heterocycles. The number of likely N-dealkylation sites (N-methyl/N-ethyl adjacent to an activating group) is 2. The van der Waals surface area contributed by atoms with Gasteiger partial charge in [-0.25, -0.2) is 9.97 Å². The Bertz CT molecular complexity index is 449. The quantitative estimate of drug-likeness (QED) is 0.801. The molecular formula is C15H26N6. The summed E-state index contributed by atoms with van der Waals surface area (Å²) in [6, 6.07) is 2.16. The van der Waals surface area contributed by atoms with Gasteiger partial charge in [0.05, 0.1) is 0 Å². The zero-order valence-corrected chi connectivity index (χ0v) is 13.2. The van der Waals surface area contributed by atoms with Gasteiger partial charge in [0.25, 0.3) is 0 Å². The van der Waals surface area contributed by atoms with Crippen molar-refractivity contribution >= 4 is 11.6 Å². The minimum Gasteiger partial charge on any atom is -0.354 e. The summed E-state index contributed by atoms with van der Waals surface area (Å²) in [6.07, 6.45) is 1.72. The van der Waals surface area contributed by atoms with Crippen LogP contribution in [0.2, 0.25) is 0 Å². The van der Waals surface area contributed by atoms with Gasteiger partial charge in [0.2, 0.25) is 0 Å². The fourth-order valence-electron chi connectivity index (χ4n) is 3.01. The maximum Gasteiger partial charge on any atom is 0.134 e. The van der Waals surface area contributed by atoms with Gasteiger partial charge in [0, 0.05) is 58.4 Å². The molecule has 2 fully saturated rings. The average molecular weight is 290 g/mol. The molecule has 3 heterocycles. The van der Waals surface area contributed by atoms with E-state index in [9.17, 15) is 0 Å². The fourth-order valence-corrected chi connectivity index (χ4v) is 3.01. The lowest BCUT2D eigenvalue weighted by Gasteiger charge is -2.36. The van der Waals surface area contributed by atoms with Crippen molar-refractivity contribution in [1.82, 2.24) is 19.8 Å². The first kappa shape index (κ1) is 14.5. The van der Waals surface area contributed by atoms with Crippen LogP contribution in [0.3, 0.4) is 0 Å². The summed E-state index contributed by atoms with van der Waals surface area (Å²) in [6.45, 7) is 12.1. The molecule has 1 aromatic rings. The molecule has 21 heavy (non-hydrogen) atoms. The molecule has 0 unspecified atom stereocenters. The minimum atomic E-state index is 1.05. The van der Waals surface area contributed by atoms with Crippen LogP contribution in [0.1, 0.15) is 6.92 Å². The molecule has 0 spiro atoms. The summed E-state index contributed by atoms with van der Waals surface area (Å²) in [5.74, 6) is 2.15. The average Bonchev–Trinajstić information content (AvgIpc) is 2.56. The molecule has 0 aliphatic carbocycles. The second-order valence-corrected chi connectivity index (χ2v) is 5.95. The lowest BCUT2D eigenvalue weighted by Crippen LogP contribution is -2.47. The maximum absolute atomic E-state index is 4.48. The number of nitrogens with zero attached hydrogens (tertiary/aromatic N) is 6. The Hall–Kier alpha value is -1.40. The zero-order chi connectivity index (χ0) is 14.7. The third-order valence-corrected chi connectivity index (χ3v) is 4.61. The van der Waals surface area contributed by atoms with Crippen molar-refractivity contribution in [3.8, 4) is 0 Å². The predicted octanol–water partition coefficient (Wildman–Crippen LogP) is 0.370. The number of hydrogen-bond acceptors (Lipinski definition) is 6. The van der Waals surface area contributed by atoms with E-state index in [-0.39, 0.29) is 0 Å². The van der Waals surface area contributed by atoms with E-state index >= 15 is 0 Å². The Morgan fingerprint density at radius 2 is 1.38 bits per heavy atom. The minimum absolute atomic E-state index is 1.05. The van der Waals surface area contributed by atoms with Crippen molar-refractivity contribution in [1.29, 1.82) is 0 Å². The molecule has 0 amide bonds. The largest absolute Gasteiger partial charge is 0.354 e. The van der Waals surface area contributed by atoms with Gasteiger partial charge in [0.1, 0.15) is 18.0 Å². The third-order valence-electron chi connectivity index (χ3n) is 4.61. The number of piperazine rings is 2. The van der Waals surface area contributed by atoms with Crippen molar-refractivity contribution in [3.63, 3.8) is 0 Å². The standard InChI is InChI=1S/C15H26N6/c1-3-19-6-10-21(11-7-19)15-12-14(16-13-17-15)20-8-4-18(2)5-9-20/h12-13H,3-11H2,1-2H3. The Morgan fingerprint density at radius 1 is 0.857 bits per heavy atom. The predicted molar refractivity (Wildman–Crippen MR) is 86.1 cm³/mol. The van der Waals surface area contributed by atoms with Crippen LogP contribution in [0.15, 0.2) is 12.4 Å². The van der Waals surface area contributed by atoms with Crippen molar-refractivity contribution in [2.75, 3.05) is 75.8 Å². The lowest BCUT2D eigenvalue weighted by molar-refractivity contribution is 0.270. The zero-order valence-electron chi connectivity index (χ0n) is 13.2. The van der Waals surface area contributed by atoms with E-state index < -0.39 is 0 Å². The molecule has 2 aliphatic rings. The molecule has 0 bridgehead atoms. The van der Waals surface area contributed by atoms with Crippen LogP contribution >= 0.6 is 0 Å². The molecule has 6 nitrogen and oxygen atoms in total. The first-order valence-corrected chi connectivity index (χ1v) is 7.99. The smallest absolute Gasteiger partial charge is 0.134 e. The number of aromatic nitrogens is 2. The topological polar surface area (TPSA) is 38.7 Å². The molecule has 3 rings (SSSR count). The molecular weight excluding hydrogens is 264 g/mol. The molecule has 116 valence electrons. The number of hydrogen-bond donors (Lipinski definition) is 0. The molecule has 6 heteroatoms. The highest BCUT2D eigenvalue weighted by Gasteiger charge is 2.19. The summed E-state index contributed by atoms with van der Waals surface area (Å²) < 4.78 is 0. The van der Waals surface area contributed by atoms with Crippen molar-refractivity contribution in [2.45, 2.75) is 6.92 Å². The normalized spacial score (nSPS) is 21.8. The summed E-state index contributed by atoms with van der Waals surface area (Å²) in [5, 5.41) is 0. The summed E-state index contributed by atoms with van der Waals surface area (Å²) in [5.41, 5.74) is 0. The highest BCUT2D eigenvalue weighted by molar-refractivity contribution is 5.50. The molecule has 2 saturated heterocycles. The molecule has 0 aromatic carbocycles. The van der Waals surface area contributed by atoms with E-state index in [2.05, 4.69) is 49.6 Å². The van der Waals surface area contributed by atoms with Crippen molar-refractivity contribution in [2.24, 2.45) is 0 Å². The second kappa shape index (κ2) is 6.58. The lowest BCUT2D eigenvalue weighted by atomic mass is 10.3. The third kappa shape index (κ3) is 3.44. The van der Waals surface area contributed by atoms with Crippen LogP contribution in [0.5, 0.6) is 0 Å². The van der Waals surface area contributed by atoms with Crippen LogP contribution in [0.4, 0.5) is 11.6 Å². The molecule has 0 radical (unpaired) electrons. The van der Waals surface area contributed by atoms with Gasteiger partial charge in [0.15, 0.2) is 0 Å². The Morgan fingerprint density at radius 3 is 1.90 bits per heavy atom. The van der Waals surface area contributed by atoms with E-state index in [1.165, 1.54) is 0 Å². The van der Waals surface area contributed by atoms with Crippen LogP contribution in [-0.4, -0.2) is 85.7 Å². The van der Waals surface area contributed by atoms with Crippen LogP contribution in [-0.2, 0) is 0 Å². The van der Waals surface area contributed by atoms with Gasteiger partial charge in [-0.05, 0) is 13.6 Å². The SMILES string of the molecule is CCN1CCN(c2cc(N3CCN(C)CC3)ncn2)CC1. The van der Waals surface area contributed by atoms with Gasteiger partial charge in [-0.15, -0.1) is 0 Å².